The van der Waals surface area contributed by atoms with Crippen molar-refractivity contribution in [2.24, 2.45) is 11.3 Å². The first-order chi connectivity index (χ1) is 12.2. The lowest BCUT2D eigenvalue weighted by Crippen LogP contribution is -2.58. The number of nitrogens with zero attached hydrogens (tertiary/aromatic N) is 1. The minimum absolute atomic E-state index is 0.0107. The molecule has 26 heavy (non-hydrogen) atoms. The quantitative estimate of drug-likeness (QED) is 0.766. The van der Waals surface area contributed by atoms with Crippen molar-refractivity contribution in [1.29, 1.82) is 0 Å². The van der Waals surface area contributed by atoms with Gasteiger partial charge in [0, 0.05) is 18.5 Å². The van der Waals surface area contributed by atoms with Crippen LogP contribution in [0, 0.1) is 17.2 Å². The summed E-state index contributed by atoms with van der Waals surface area (Å²) in [5.74, 6) is 0.435. The van der Waals surface area contributed by atoms with E-state index in [-0.39, 0.29) is 28.9 Å². The normalized spacial score (nSPS) is 22.2. The van der Waals surface area contributed by atoms with E-state index in [1.54, 1.807) is 0 Å². The molecule has 0 spiro atoms. The summed E-state index contributed by atoms with van der Waals surface area (Å²) in [4.78, 5) is 0.0586. The summed E-state index contributed by atoms with van der Waals surface area (Å²) in [6.07, 6.45) is 1.81. The number of aliphatic hydroxyl groups excluding tert-OH is 1. The molecule has 8 heteroatoms. The van der Waals surface area contributed by atoms with Crippen molar-refractivity contribution in [1.82, 2.24) is 9.88 Å². The molecule has 0 unspecified atom stereocenters. The molecule has 1 fully saturated rings. The van der Waals surface area contributed by atoms with Crippen LogP contribution in [-0.2, 0) is 22.9 Å². The highest BCUT2D eigenvalue weighted by Crippen LogP contribution is 2.48. The molecule has 0 saturated heterocycles. The molecule has 1 aliphatic rings. The van der Waals surface area contributed by atoms with Crippen LogP contribution in [0.15, 0.2) is 39.8 Å². The molecule has 1 aromatic heterocycles. The number of sulfonamides is 1. The number of aliphatic hydroxyl groups is 1. The number of hydrogen-bond donors (Lipinski definition) is 2. The highest BCUT2D eigenvalue weighted by Gasteiger charge is 2.49. The molecule has 1 heterocycles. The van der Waals surface area contributed by atoms with Gasteiger partial charge in [-0.3, -0.25) is 0 Å². The van der Waals surface area contributed by atoms with Crippen molar-refractivity contribution in [3.05, 3.63) is 47.6 Å². The van der Waals surface area contributed by atoms with Gasteiger partial charge in [-0.2, -0.15) is 0 Å². The maximum Gasteiger partial charge on any atom is 0.240 e. The van der Waals surface area contributed by atoms with Gasteiger partial charge in [0.15, 0.2) is 0 Å². The summed E-state index contributed by atoms with van der Waals surface area (Å²) in [5, 5.41) is 12.9. The van der Waals surface area contributed by atoms with E-state index < -0.39 is 15.8 Å². The molecule has 0 aliphatic heterocycles. The molecule has 2 N–H and O–H groups in total. The highest BCUT2D eigenvalue weighted by atomic mass is 32.2. The third-order valence-electron chi connectivity index (χ3n) is 5.31. The number of hydrogen-bond acceptors (Lipinski definition) is 5. The van der Waals surface area contributed by atoms with Crippen LogP contribution in [0.5, 0.6) is 0 Å². The largest absolute Gasteiger partial charge is 0.396 e. The molecule has 142 valence electrons. The van der Waals surface area contributed by atoms with E-state index in [0.717, 1.165) is 17.8 Å². The second kappa shape index (κ2) is 7.09. The third-order valence-corrected chi connectivity index (χ3v) is 6.80. The van der Waals surface area contributed by atoms with Gasteiger partial charge in [0.05, 0.1) is 17.2 Å². The lowest BCUT2D eigenvalue weighted by atomic mass is 9.57. The third kappa shape index (κ3) is 3.82. The Kier molecular flexibility index (Phi) is 5.18. The second-order valence-corrected chi connectivity index (χ2v) is 9.06. The van der Waals surface area contributed by atoms with Crippen molar-refractivity contribution >= 4 is 10.0 Å². The van der Waals surface area contributed by atoms with Gasteiger partial charge in [-0.1, -0.05) is 19.0 Å². The van der Waals surface area contributed by atoms with Crippen LogP contribution in [0.4, 0.5) is 4.39 Å². The van der Waals surface area contributed by atoms with Crippen LogP contribution in [0.1, 0.15) is 31.7 Å². The summed E-state index contributed by atoms with van der Waals surface area (Å²) < 4.78 is 45.9. The summed E-state index contributed by atoms with van der Waals surface area (Å²) in [5.41, 5.74) is 0.565. The van der Waals surface area contributed by atoms with Crippen LogP contribution in [0.3, 0.4) is 0 Å². The Balaban J connectivity index is 1.63. The molecule has 1 aromatic carbocycles. The van der Waals surface area contributed by atoms with Crippen LogP contribution in [0.2, 0.25) is 0 Å². The maximum absolute atomic E-state index is 13.0. The highest BCUT2D eigenvalue weighted by molar-refractivity contribution is 7.89. The Labute approximate surface area is 152 Å². The molecular weight excluding hydrogens is 359 g/mol. The lowest BCUT2D eigenvalue weighted by molar-refractivity contribution is 0.0270. The number of benzene rings is 1. The Hall–Kier alpha value is -1.77. The summed E-state index contributed by atoms with van der Waals surface area (Å²) >= 11 is 0. The zero-order valence-corrected chi connectivity index (χ0v) is 15.6. The molecular formula is C18H23FN2O4S. The summed E-state index contributed by atoms with van der Waals surface area (Å²) in [7, 11) is -3.69. The van der Waals surface area contributed by atoms with Gasteiger partial charge in [-0.25, -0.2) is 17.5 Å². The van der Waals surface area contributed by atoms with Crippen molar-refractivity contribution in [3.63, 3.8) is 0 Å². The molecule has 0 bridgehead atoms. The predicted molar refractivity (Wildman–Crippen MR) is 93.4 cm³/mol. The molecule has 2 atom stereocenters. The van der Waals surface area contributed by atoms with E-state index in [9.17, 15) is 12.8 Å². The van der Waals surface area contributed by atoms with Crippen molar-refractivity contribution in [2.75, 3.05) is 6.61 Å². The molecule has 2 aromatic rings. The van der Waals surface area contributed by atoms with E-state index in [1.807, 2.05) is 19.9 Å². The van der Waals surface area contributed by atoms with Gasteiger partial charge in [-0.05, 0) is 48.4 Å². The number of nitrogens with one attached hydrogen (secondary N) is 1. The van der Waals surface area contributed by atoms with Crippen LogP contribution >= 0.6 is 0 Å². The molecule has 3 rings (SSSR count). The van der Waals surface area contributed by atoms with E-state index in [4.69, 9.17) is 9.63 Å². The Morgan fingerprint density at radius 1 is 1.35 bits per heavy atom. The topological polar surface area (TPSA) is 92.4 Å². The maximum atomic E-state index is 13.0. The monoisotopic (exact) mass is 382 g/mol. The Bertz CT molecular complexity index is 862. The fourth-order valence-electron chi connectivity index (χ4n) is 3.36. The summed E-state index contributed by atoms with van der Waals surface area (Å²) in [6, 6.07) is 6.43. The van der Waals surface area contributed by atoms with Gasteiger partial charge < -0.3 is 9.63 Å². The fourth-order valence-corrected chi connectivity index (χ4v) is 4.77. The van der Waals surface area contributed by atoms with Gasteiger partial charge in [-0.15, -0.1) is 0 Å². The number of rotatable bonds is 7. The average molecular weight is 382 g/mol. The SMILES string of the molecule is CC1(C)[C@H](Cc2cc(CCO)on2)C[C@@H]1NS(=O)(=O)c1ccc(F)cc1. The first kappa shape index (κ1) is 19.0. The van der Waals surface area contributed by atoms with Gasteiger partial charge >= 0.3 is 0 Å². The zero-order valence-electron chi connectivity index (χ0n) is 14.8. The van der Waals surface area contributed by atoms with Gasteiger partial charge in [0.1, 0.15) is 11.6 Å². The standard InChI is InChI=1S/C18H23FN2O4S/c1-18(2)12(9-14-11-15(7-8-22)25-20-14)10-17(18)21-26(23,24)16-5-3-13(19)4-6-16/h3-6,11-12,17,21-22H,7-10H2,1-2H3/t12-,17+/m1/s1. The average Bonchev–Trinajstić information content (AvgIpc) is 3.02. The van der Waals surface area contributed by atoms with E-state index >= 15 is 0 Å². The van der Waals surface area contributed by atoms with E-state index in [2.05, 4.69) is 9.88 Å². The first-order valence-electron chi connectivity index (χ1n) is 8.55. The fraction of sp³-hybridized carbons (Fsp3) is 0.500. The van der Waals surface area contributed by atoms with Crippen LogP contribution < -0.4 is 4.72 Å². The smallest absolute Gasteiger partial charge is 0.240 e. The summed E-state index contributed by atoms with van der Waals surface area (Å²) in [6.45, 7) is 4.05. The minimum Gasteiger partial charge on any atom is -0.396 e. The van der Waals surface area contributed by atoms with E-state index in [1.165, 1.54) is 12.1 Å². The Morgan fingerprint density at radius 2 is 2.04 bits per heavy atom. The van der Waals surface area contributed by atoms with Crippen molar-refractivity contribution in [2.45, 2.75) is 44.0 Å². The molecule has 1 saturated carbocycles. The van der Waals surface area contributed by atoms with Crippen molar-refractivity contribution in [3.8, 4) is 0 Å². The molecule has 1 aliphatic carbocycles. The minimum atomic E-state index is -3.69. The van der Waals surface area contributed by atoms with Gasteiger partial charge in [0.2, 0.25) is 10.0 Å². The molecule has 6 nitrogen and oxygen atoms in total. The predicted octanol–water partition coefficient (Wildman–Crippen LogP) is 2.28. The molecule has 0 radical (unpaired) electrons. The van der Waals surface area contributed by atoms with Crippen LogP contribution in [0.25, 0.3) is 0 Å². The number of aromatic nitrogens is 1. The van der Waals surface area contributed by atoms with Crippen LogP contribution in [-0.4, -0.2) is 31.3 Å². The first-order valence-corrected chi connectivity index (χ1v) is 10.0. The Morgan fingerprint density at radius 3 is 2.65 bits per heavy atom. The molecule has 0 amide bonds. The van der Waals surface area contributed by atoms with E-state index in [0.29, 0.717) is 25.0 Å². The zero-order chi connectivity index (χ0) is 18.9. The number of halogens is 1. The lowest BCUT2D eigenvalue weighted by Gasteiger charge is -2.52. The van der Waals surface area contributed by atoms with Gasteiger partial charge in [0.25, 0.3) is 0 Å². The second-order valence-electron chi connectivity index (χ2n) is 7.34. The van der Waals surface area contributed by atoms with Crippen molar-refractivity contribution < 1.29 is 22.4 Å².